The van der Waals surface area contributed by atoms with Gasteiger partial charge in [0.25, 0.3) is 5.91 Å². The molecule has 3 aromatic rings. The standard InChI is InChI=1S/C32H35ClN2O5/c1-4-34(25-16-14-24(33)15-17-25)32(38)28-21-22(3)35(29-10-7-6-9-27(28)29)31(37)23-12-18-26(19-13-23)40-20-8-11-30(36)39-5-2/h6-7,9-10,12-19,22,28H,4-5,8,11,20-21H2,1-3H3/t22-,28+/m0/s1. The van der Waals surface area contributed by atoms with Crippen LogP contribution >= 0.6 is 11.6 Å². The van der Waals surface area contributed by atoms with Gasteiger partial charge in [-0.2, -0.15) is 0 Å². The minimum absolute atomic E-state index is 0.000629. The van der Waals surface area contributed by atoms with E-state index in [0.29, 0.717) is 55.4 Å². The number of para-hydroxylation sites is 1. The second kappa shape index (κ2) is 13.5. The number of carbonyl (C=O) groups is 3. The topological polar surface area (TPSA) is 76.1 Å². The van der Waals surface area contributed by atoms with Crippen LogP contribution in [0.25, 0.3) is 0 Å². The first kappa shape index (κ1) is 29.2. The number of rotatable bonds is 10. The number of esters is 1. The van der Waals surface area contributed by atoms with Crippen LogP contribution in [0.1, 0.15) is 61.9 Å². The Morgan fingerprint density at radius 3 is 2.35 bits per heavy atom. The molecular formula is C32H35ClN2O5. The van der Waals surface area contributed by atoms with E-state index in [4.69, 9.17) is 21.1 Å². The number of hydrogen-bond acceptors (Lipinski definition) is 5. The smallest absolute Gasteiger partial charge is 0.305 e. The zero-order valence-corrected chi connectivity index (χ0v) is 23.9. The number of amides is 2. The van der Waals surface area contributed by atoms with E-state index in [0.717, 1.165) is 16.9 Å². The normalized spacial score (nSPS) is 16.1. The van der Waals surface area contributed by atoms with Gasteiger partial charge in [-0.25, -0.2) is 0 Å². The lowest BCUT2D eigenvalue weighted by molar-refractivity contribution is -0.143. The van der Waals surface area contributed by atoms with Gasteiger partial charge in [-0.05, 0) is 93.8 Å². The monoisotopic (exact) mass is 562 g/mol. The Morgan fingerprint density at radius 2 is 1.68 bits per heavy atom. The van der Waals surface area contributed by atoms with E-state index in [1.807, 2.05) is 50.2 Å². The van der Waals surface area contributed by atoms with Gasteiger partial charge < -0.3 is 19.3 Å². The highest BCUT2D eigenvalue weighted by atomic mass is 35.5. The van der Waals surface area contributed by atoms with Gasteiger partial charge in [-0.15, -0.1) is 0 Å². The van der Waals surface area contributed by atoms with Crippen molar-refractivity contribution in [2.24, 2.45) is 0 Å². The van der Waals surface area contributed by atoms with Gasteiger partial charge in [0.05, 0.1) is 19.1 Å². The molecule has 0 N–H and O–H groups in total. The third kappa shape index (κ3) is 6.65. The predicted octanol–water partition coefficient (Wildman–Crippen LogP) is 6.64. The average Bonchev–Trinajstić information content (AvgIpc) is 2.96. The molecule has 7 nitrogen and oxygen atoms in total. The maximum Gasteiger partial charge on any atom is 0.305 e. The van der Waals surface area contributed by atoms with E-state index in [2.05, 4.69) is 0 Å². The molecule has 0 saturated heterocycles. The Hall–Kier alpha value is -3.84. The van der Waals surface area contributed by atoms with Crippen LogP contribution in [0.3, 0.4) is 0 Å². The Bertz CT molecular complexity index is 1330. The van der Waals surface area contributed by atoms with Crippen LogP contribution in [0.15, 0.2) is 72.8 Å². The van der Waals surface area contributed by atoms with Crippen molar-refractivity contribution in [3.8, 4) is 5.75 Å². The van der Waals surface area contributed by atoms with Crippen molar-refractivity contribution in [1.82, 2.24) is 0 Å². The molecule has 2 amide bonds. The summed E-state index contributed by atoms with van der Waals surface area (Å²) in [6.45, 7) is 6.98. The largest absolute Gasteiger partial charge is 0.494 e. The quantitative estimate of drug-likeness (QED) is 0.204. The summed E-state index contributed by atoms with van der Waals surface area (Å²) >= 11 is 6.06. The number of anilines is 2. The summed E-state index contributed by atoms with van der Waals surface area (Å²) in [5.41, 5.74) is 2.91. The molecule has 1 aliphatic rings. The van der Waals surface area contributed by atoms with E-state index in [1.54, 1.807) is 53.1 Å². The Kier molecular flexibility index (Phi) is 9.83. The van der Waals surface area contributed by atoms with Gasteiger partial charge in [0.15, 0.2) is 0 Å². The fraction of sp³-hybridized carbons (Fsp3) is 0.344. The molecule has 0 spiro atoms. The lowest BCUT2D eigenvalue weighted by Crippen LogP contribution is -2.46. The Morgan fingerprint density at radius 1 is 0.975 bits per heavy atom. The molecule has 4 rings (SSSR count). The van der Waals surface area contributed by atoms with E-state index >= 15 is 0 Å². The minimum Gasteiger partial charge on any atom is -0.494 e. The number of halogens is 1. The molecule has 0 unspecified atom stereocenters. The van der Waals surface area contributed by atoms with Crippen LogP contribution in [0.2, 0.25) is 5.02 Å². The Labute approximate surface area is 240 Å². The molecule has 0 fully saturated rings. The molecule has 0 aliphatic carbocycles. The van der Waals surface area contributed by atoms with Crippen molar-refractivity contribution in [3.05, 3.63) is 88.9 Å². The molecule has 0 radical (unpaired) electrons. The van der Waals surface area contributed by atoms with E-state index in [1.165, 1.54) is 0 Å². The van der Waals surface area contributed by atoms with E-state index in [9.17, 15) is 14.4 Å². The van der Waals surface area contributed by atoms with Gasteiger partial charge in [0.1, 0.15) is 5.75 Å². The van der Waals surface area contributed by atoms with Crippen LogP contribution < -0.4 is 14.5 Å². The lowest BCUT2D eigenvalue weighted by atomic mass is 9.84. The molecule has 1 aliphatic heterocycles. The maximum atomic E-state index is 13.8. The maximum absolute atomic E-state index is 13.8. The fourth-order valence-corrected chi connectivity index (χ4v) is 5.23. The van der Waals surface area contributed by atoms with Gasteiger partial charge >= 0.3 is 5.97 Å². The van der Waals surface area contributed by atoms with Gasteiger partial charge in [-0.1, -0.05) is 29.8 Å². The molecule has 3 aromatic carbocycles. The first-order valence-corrected chi connectivity index (χ1v) is 14.1. The molecule has 0 bridgehead atoms. The summed E-state index contributed by atoms with van der Waals surface area (Å²) in [4.78, 5) is 42.6. The van der Waals surface area contributed by atoms with Gasteiger partial charge in [0.2, 0.25) is 5.91 Å². The zero-order valence-electron chi connectivity index (χ0n) is 23.1. The van der Waals surface area contributed by atoms with Crippen LogP contribution in [0, 0.1) is 0 Å². The third-order valence-electron chi connectivity index (χ3n) is 7.03. The Balaban J connectivity index is 1.49. The summed E-state index contributed by atoms with van der Waals surface area (Å²) in [7, 11) is 0. The number of likely N-dealkylation sites (N-methyl/N-ethyl adjacent to an activating group) is 1. The summed E-state index contributed by atoms with van der Waals surface area (Å²) in [5.74, 6) is -0.124. The van der Waals surface area contributed by atoms with Crippen molar-refractivity contribution in [2.75, 3.05) is 29.6 Å². The van der Waals surface area contributed by atoms with Crippen molar-refractivity contribution < 1.29 is 23.9 Å². The van der Waals surface area contributed by atoms with E-state index in [-0.39, 0.29) is 29.7 Å². The summed E-state index contributed by atoms with van der Waals surface area (Å²) in [6, 6.07) is 21.7. The first-order chi connectivity index (χ1) is 19.3. The summed E-state index contributed by atoms with van der Waals surface area (Å²) < 4.78 is 10.7. The number of benzene rings is 3. The molecule has 2 atom stereocenters. The molecule has 0 saturated carbocycles. The molecule has 8 heteroatoms. The molecule has 1 heterocycles. The number of ether oxygens (including phenoxy) is 2. The SMILES string of the molecule is CCOC(=O)CCCOc1ccc(C(=O)N2c3ccccc3[C@H](C(=O)N(CC)c3ccc(Cl)cc3)C[C@@H]2C)cc1. The highest BCUT2D eigenvalue weighted by molar-refractivity contribution is 6.30. The van der Waals surface area contributed by atoms with Gasteiger partial charge in [0, 0.05) is 41.0 Å². The second-order valence-electron chi connectivity index (χ2n) is 9.71. The van der Waals surface area contributed by atoms with Gasteiger partial charge in [-0.3, -0.25) is 14.4 Å². The zero-order chi connectivity index (χ0) is 28.6. The van der Waals surface area contributed by atoms with E-state index < -0.39 is 0 Å². The number of nitrogens with zero attached hydrogens (tertiary/aromatic N) is 2. The van der Waals surface area contributed by atoms with Crippen LogP contribution in [-0.4, -0.2) is 43.6 Å². The van der Waals surface area contributed by atoms with Crippen molar-refractivity contribution in [1.29, 1.82) is 0 Å². The lowest BCUT2D eigenvalue weighted by Gasteiger charge is -2.40. The van der Waals surface area contributed by atoms with Crippen molar-refractivity contribution >= 4 is 40.8 Å². The fourth-order valence-electron chi connectivity index (χ4n) is 5.10. The number of carbonyl (C=O) groups excluding carboxylic acids is 3. The minimum atomic E-state index is -0.378. The van der Waals surface area contributed by atoms with Crippen LogP contribution in [0.4, 0.5) is 11.4 Å². The molecule has 0 aromatic heterocycles. The number of hydrogen-bond donors (Lipinski definition) is 0. The summed E-state index contributed by atoms with van der Waals surface area (Å²) in [6.07, 6.45) is 1.36. The third-order valence-corrected chi connectivity index (χ3v) is 7.28. The van der Waals surface area contributed by atoms with Crippen LogP contribution in [-0.2, 0) is 14.3 Å². The van der Waals surface area contributed by atoms with Crippen molar-refractivity contribution in [3.63, 3.8) is 0 Å². The molecular weight excluding hydrogens is 528 g/mol. The second-order valence-corrected chi connectivity index (χ2v) is 10.1. The van der Waals surface area contributed by atoms with Crippen LogP contribution in [0.5, 0.6) is 5.75 Å². The molecule has 40 heavy (non-hydrogen) atoms. The first-order valence-electron chi connectivity index (χ1n) is 13.7. The predicted molar refractivity (Wildman–Crippen MR) is 157 cm³/mol. The summed E-state index contributed by atoms with van der Waals surface area (Å²) in [5, 5.41) is 0.617. The highest BCUT2D eigenvalue weighted by Gasteiger charge is 2.38. The average molecular weight is 563 g/mol. The number of fused-ring (bicyclic) bond motifs is 1. The molecule has 210 valence electrons. The van der Waals surface area contributed by atoms with Crippen molar-refractivity contribution in [2.45, 2.75) is 52.0 Å². The highest BCUT2D eigenvalue weighted by Crippen LogP contribution is 2.41.